The summed E-state index contributed by atoms with van der Waals surface area (Å²) in [6.07, 6.45) is 9.40. The van der Waals surface area contributed by atoms with Gasteiger partial charge in [0, 0.05) is 39.6 Å². The van der Waals surface area contributed by atoms with Crippen LogP contribution in [0.3, 0.4) is 0 Å². The number of hydrogen-bond donors (Lipinski definition) is 0. The van der Waals surface area contributed by atoms with Crippen LogP contribution in [0.25, 0.3) is 21.8 Å². The zero-order valence-corrected chi connectivity index (χ0v) is 23.7. The average Bonchev–Trinajstić information content (AvgIpc) is 3.28. The predicted octanol–water partition coefficient (Wildman–Crippen LogP) is 8.40. The van der Waals surface area contributed by atoms with Gasteiger partial charge in [0.25, 0.3) is 5.56 Å². The van der Waals surface area contributed by atoms with Crippen LogP contribution < -0.4 is 5.56 Å². The molecule has 1 saturated carbocycles. The first-order valence-corrected chi connectivity index (χ1v) is 14.3. The van der Waals surface area contributed by atoms with Gasteiger partial charge in [-0.3, -0.25) is 4.79 Å². The number of fused-ring (bicyclic) bond motifs is 2. The molecule has 1 aliphatic carbocycles. The average molecular weight is 608 g/mol. The molecule has 38 heavy (non-hydrogen) atoms. The van der Waals surface area contributed by atoms with Gasteiger partial charge in [0.2, 0.25) is 0 Å². The van der Waals surface area contributed by atoms with Gasteiger partial charge in [-0.2, -0.15) is 9.78 Å². The van der Waals surface area contributed by atoms with Crippen molar-refractivity contribution in [2.24, 2.45) is 5.10 Å². The lowest BCUT2D eigenvalue weighted by Crippen LogP contribution is -2.25. The van der Waals surface area contributed by atoms with E-state index in [9.17, 15) is 4.79 Å². The van der Waals surface area contributed by atoms with Crippen molar-refractivity contribution in [2.45, 2.75) is 44.6 Å². The number of rotatable bonds is 5. The first-order valence-electron chi connectivity index (χ1n) is 12.8. The van der Waals surface area contributed by atoms with Crippen LogP contribution in [0.1, 0.15) is 55.0 Å². The smallest absolute Gasteiger partial charge is 0.282 e. The van der Waals surface area contributed by atoms with Gasteiger partial charge in [-0.15, -0.1) is 0 Å². The fraction of sp³-hybridized carbons (Fsp3) is 0.233. The van der Waals surface area contributed by atoms with Crippen molar-refractivity contribution in [1.29, 1.82) is 0 Å². The monoisotopic (exact) mass is 606 g/mol. The van der Waals surface area contributed by atoms with E-state index in [1.54, 1.807) is 6.21 Å². The molecule has 5 aromatic rings. The molecule has 0 amide bonds. The maximum atomic E-state index is 13.7. The summed E-state index contributed by atoms with van der Waals surface area (Å²) in [6.45, 7) is 0.629. The van der Waals surface area contributed by atoms with Gasteiger partial charge < -0.3 is 4.57 Å². The van der Waals surface area contributed by atoms with Gasteiger partial charge >= 0.3 is 0 Å². The zero-order valence-electron chi connectivity index (χ0n) is 20.6. The lowest BCUT2D eigenvalue weighted by molar-refractivity contribution is 0.416. The second kappa shape index (κ2) is 10.7. The summed E-state index contributed by atoms with van der Waals surface area (Å²) in [7, 11) is 0. The van der Waals surface area contributed by atoms with E-state index < -0.39 is 0 Å². The number of aromatic nitrogens is 3. The van der Waals surface area contributed by atoms with Crippen LogP contribution in [0.5, 0.6) is 0 Å². The minimum atomic E-state index is -0.146. The highest BCUT2D eigenvalue weighted by molar-refractivity contribution is 9.10. The minimum absolute atomic E-state index is 0.146. The normalized spacial score (nSPS) is 14.7. The van der Waals surface area contributed by atoms with E-state index in [1.807, 2.05) is 48.5 Å². The Balaban J connectivity index is 1.45. The summed E-state index contributed by atoms with van der Waals surface area (Å²) < 4.78 is 4.53. The molecule has 3 aromatic carbocycles. The van der Waals surface area contributed by atoms with Crippen molar-refractivity contribution in [3.63, 3.8) is 0 Å². The molecule has 0 N–H and O–H groups in total. The van der Waals surface area contributed by atoms with Crippen molar-refractivity contribution in [3.05, 3.63) is 109 Å². The van der Waals surface area contributed by atoms with Crippen LogP contribution in [0.2, 0.25) is 10.0 Å². The van der Waals surface area contributed by atoms with Gasteiger partial charge in [-0.1, -0.05) is 82.7 Å². The Labute approximate surface area is 238 Å². The topological polar surface area (TPSA) is 52.2 Å². The fourth-order valence-electron chi connectivity index (χ4n) is 5.37. The summed E-state index contributed by atoms with van der Waals surface area (Å²) in [4.78, 5) is 18.6. The highest BCUT2D eigenvalue weighted by Gasteiger charge is 2.22. The Kier molecular flexibility index (Phi) is 7.12. The third-order valence-corrected chi connectivity index (χ3v) is 8.50. The van der Waals surface area contributed by atoms with Crippen molar-refractivity contribution in [3.8, 4) is 0 Å². The Morgan fingerprint density at radius 3 is 2.61 bits per heavy atom. The molecule has 1 aliphatic rings. The van der Waals surface area contributed by atoms with Crippen molar-refractivity contribution < 1.29 is 0 Å². The van der Waals surface area contributed by atoms with Crippen molar-refractivity contribution >= 4 is 67.2 Å². The van der Waals surface area contributed by atoms with Gasteiger partial charge in [0.05, 0.1) is 27.2 Å². The lowest BCUT2D eigenvalue weighted by atomic mass is 9.88. The van der Waals surface area contributed by atoms with E-state index in [0.29, 0.717) is 27.5 Å². The Bertz CT molecular complexity index is 1750. The minimum Gasteiger partial charge on any atom is -0.342 e. The molecular weight excluding hydrogens is 583 g/mol. The van der Waals surface area contributed by atoms with Gasteiger partial charge in [0.1, 0.15) is 5.82 Å². The standard InChI is InChI=1S/C30H25BrCl2N4O/c31-22-11-13-27-24(15-22)30(38)37(29(35-27)20-6-2-1-3-7-20)34-16-21-18-36(28-9-5-4-8-23(21)28)17-19-10-12-25(32)26(33)14-19/h4-5,8-16,18,20H,1-3,6-7,17H2. The summed E-state index contributed by atoms with van der Waals surface area (Å²) in [6, 6.07) is 19.5. The number of hydrogen-bond acceptors (Lipinski definition) is 3. The quantitative estimate of drug-likeness (QED) is 0.188. The molecule has 0 spiro atoms. The van der Waals surface area contributed by atoms with Crippen LogP contribution in [-0.2, 0) is 6.54 Å². The number of nitrogens with zero attached hydrogens (tertiary/aromatic N) is 4. The first kappa shape index (κ1) is 25.4. The first-order chi connectivity index (χ1) is 18.5. The second-order valence-electron chi connectivity index (χ2n) is 9.81. The largest absolute Gasteiger partial charge is 0.342 e. The van der Waals surface area contributed by atoms with Crippen LogP contribution >= 0.6 is 39.1 Å². The maximum absolute atomic E-state index is 13.7. The van der Waals surface area contributed by atoms with Crippen LogP contribution in [0.15, 0.2) is 81.2 Å². The van der Waals surface area contributed by atoms with Crippen LogP contribution in [0.4, 0.5) is 0 Å². The summed E-state index contributed by atoms with van der Waals surface area (Å²) in [5.41, 5.74) is 3.61. The molecule has 0 bridgehead atoms. The van der Waals surface area contributed by atoms with Gasteiger partial charge in [-0.25, -0.2) is 4.98 Å². The van der Waals surface area contributed by atoms with E-state index in [-0.39, 0.29) is 11.5 Å². The molecule has 0 atom stereocenters. The second-order valence-corrected chi connectivity index (χ2v) is 11.5. The lowest BCUT2D eigenvalue weighted by Gasteiger charge is -2.22. The van der Waals surface area contributed by atoms with E-state index in [1.165, 1.54) is 11.1 Å². The molecule has 0 radical (unpaired) electrons. The van der Waals surface area contributed by atoms with Gasteiger partial charge in [0.15, 0.2) is 0 Å². The maximum Gasteiger partial charge on any atom is 0.282 e. The Morgan fingerprint density at radius 2 is 1.79 bits per heavy atom. The number of para-hydroxylation sites is 1. The predicted molar refractivity (Wildman–Crippen MR) is 160 cm³/mol. The van der Waals surface area contributed by atoms with E-state index in [0.717, 1.165) is 58.0 Å². The SMILES string of the molecule is O=c1c2cc(Br)ccc2nc(C2CCCCC2)n1N=Cc1cn(Cc2ccc(Cl)c(Cl)c2)c2ccccc12. The van der Waals surface area contributed by atoms with Crippen molar-refractivity contribution in [1.82, 2.24) is 14.2 Å². The highest BCUT2D eigenvalue weighted by atomic mass is 79.9. The third kappa shape index (κ3) is 4.93. The van der Waals surface area contributed by atoms with Crippen molar-refractivity contribution in [2.75, 3.05) is 0 Å². The van der Waals surface area contributed by atoms with Gasteiger partial charge in [-0.05, 0) is 54.8 Å². The molecule has 0 aliphatic heterocycles. The molecule has 2 heterocycles. The zero-order chi connectivity index (χ0) is 26.2. The summed E-state index contributed by atoms with van der Waals surface area (Å²) in [5, 5.41) is 7.46. The molecule has 2 aromatic heterocycles. The third-order valence-electron chi connectivity index (χ3n) is 7.27. The van der Waals surface area contributed by atoms with E-state index in [4.69, 9.17) is 33.3 Å². The highest BCUT2D eigenvalue weighted by Crippen LogP contribution is 2.32. The molecule has 0 saturated heterocycles. The number of halogens is 3. The number of benzene rings is 3. The van der Waals surface area contributed by atoms with Crippen LogP contribution in [0, 0.1) is 0 Å². The molecule has 192 valence electrons. The van der Waals surface area contributed by atoms with Crippen LogP contribution in [-0.4, -0.2) is 20.4 Å². The Morgan fingerprint density at radius 1 is 0.974 bits per heavy atom. The molecular formula is C30H25BrCl2N4O. The molecule has 1 fully saturated rings. The molecule has 5 nitrogen and oxygen atoms in total. The molecule has 6 rings (SSSR count). The summed E-state index contributed by atoms with van der Waals surface area (Å²) >= 11 is 15.9. The fourth-order valence-corrected chi connectivity index (χ4v) is 6.05. The molecule has 0 unspecified atom stereocenters. The summed E-state index contributed by atoms with van der Waals surface area (Å²) in [5.74, 6) is 0.970. The van der Waals surface area contributed by atoms with E-state index >= 15 is 0 Å². The molecule has 8 heteroatoms. The Hall–Kier alpha value is -2.93. The van der Waals surface area contributed by atoms with E-state index in [2.05, 4.69) is 38.8 Å².